The lowest BCUT2D eigenvalue weighted by molar-refractivity contribution is -0.146. The molecule has 0 radical (unpaired) electrons. The Bertz CT molecular complexity index is 444. The van der Waals surface area contributed by atoms with Crippen LogP contribution in [0.3, 0.4) is 0 Å². The minimum Gasteiger partial charge on any atom is -0.466 e. The van der Waals surface area contributed by atoms with Crippen molar-refractivity contribution in [1.82, 2.24) is 5.32 Å². The van der Waals surface area contributed by atoms with Crippen LogP contribution < -0.4 is 5.32 Å². The van der Waals surface area contributed by atoms with Gasteiger partial charge in [-0.2, -0.15) is 0 Å². The number of carbonyl (C=O) groups excluding carboxylic acids is 2. The van der Waals surface area contributed by atoms with E-state index in [9.17, 15) is 9.59 Å². The van der Waals surface area contributed by atoms with Gasteiger partial charge in [-0.25, -0.2) is 0 Å². The smallest absolute Gasteiger partial charge is 0.309 e. The molecule has 4 heteroatoms. The highest BCUT2D eigenvalue weighted by Gasteiger charge is 2.48. The monoisotopic (exact) mass is 261 g/mol. The summed E-state index contributed by atoms with van der Waals surface area (Å²) >= 11 is 0. The number of rotatable bonds is 6. The molecule has 2 atom stereocenters. The van der Waals surface area contributed by atoms with E-state index in [1.165, 1.54) is 5.56 Å². The Labute approximate surface area is 113 Å². The third-order valence-corrected chi connectivity index (χ3v) is 3.27. The number of nitrogens with one attached hydrogen (secondary N) is 1. The molecule has 0 aromatic heterocycles. The fourth-order valence-corrected chi connectivity index (χ4v) is 2.10. The van der Waals surface area contributed by atoms with Gasteiger partial charge in [-0.05, 0) is 25.3 Å². The third-order valence-electron chi connectivity index (χ3n) is 3.27. The van der Waals surface area contributed by atoms with Gasteiger partial charge >= 0.3 is 5.97 Å². The Morgan fingerprint density at radius 2 is 2.00 bits per heavy atom. The maximum Gasteiger partial charge on any atom is 0.309 e. The van der Waals surface area contributed by atoms with Gasteiger partial charge in [0.25, 0.3) is 0 Å². The van der Waals surface area contributed by atoms with Crippen molar-refractivity contribution in [2.75, 3.05) is 13.2 Å². The summed E-state index contributed by atoms with van der Waals surface area (Å²) in [5.74, 6) is -0.689. The van der Waals surface area contributed by atoms with Crippen molar-refractivity contribution in [2.24, 2.45) is 11.8 Å². The zero-order valence-electron chi connectivity index (χ0n) is 11.1. The summed E-state index contributed by atoms with van der Waals surface area (Å²) in [6, 6.07) is 10.00. The Kier molecular flexibility index (Phi) is 4.55. The molecule has 0 bridgehead atoms. The first-order valence-electron chi connectivity index (χ1n) is 6.70. The Balaban J connectivity index is 1.68. The van der Waals surface area contributed by atoms with E-state index in [4.69, 9.17) is 4.74 Å². The van der Waals surface area contributed by atoms with Crippen LogP contribution in [0.1, 0.15) is 18.9 Å². The standard InChI is InChI=1S/C15H19NO3/c1-2-19-15(18)13-10-12(13)14(17)16-9-8-11-6-4-3-5-7-11/h3-7,12-13H,2,8-10H2,1H3,(H,16,17). The van der Waals surface area contributed by atoms with E-state index in [1.807, 2.05) is 30.3 Å². The largest absolute Gasteiger partial charge is 0.466 e. The van der Waals surface area contributed by atoms with Crippen molar-refractivity contribution >= 4 is 11.9 Å². The molecule has 1 fully saturated rings. The first-order valence-corrected chi connectivity index (χ1v) is 6.70. The van der Waals surface area contributed by atoms with Crippen LogP contribution in [0.2, 0.25) is 0 Å². The lowest BCUT2D eigenvalue weighted by Gasteiger charge is -2.05. The Morgan fingerprint density at radius 3 is 2.68 bits per heavy atom. The van der Waals surface area contributed by atoms with Gasteiger partial charge < -0.3 is 10.1 Å². The van der Waals surface area contributed by atoms with Gasteiger partial charge in [0.1, 0.15) is 0 Å². The van der Waals surface area contributed by atoms with Gasteiger partial charge in [0, 0.05) is 6.54 Å². The number of benzene rings is 1. The van der Waals surface area contributed by atoms with Crippen LogP contribution in [-0.2, 0) is 20.7 Å². The van der Waals surface area contributed by atoms with Gasteiger partial charge in [-0.1, -0.05) is 30.3 Å². The highest BCUT2D eigenvalue weighted by molar-refractivity contribution is 5.90. The molecule has 19 heavy (non-hydrogen) atoms. The van der Waals surface area contributed by atoms with Gasteiger partial charge in [0.2, 0.25) is 5.91 Å². The lowest BCUT2D eigenvalue weighted by atomic mass is 10.1. The quantitative estimate of drug-likeness (QED) is 0.790. The zero-order valence-corrected chi connectivity index (χ0v) is 11.1. The number of amides is 1. The van der Waals surface area contributed by atoms with E-state index in [1.54, 1.807) is 6.92 Å². The fourth-order valence-electron chi connectivity index (χ4n) is 2.10. The lowest BCUT2D eigenvalue weighted by Crippen LogP contribution is -2.28. The molecule has 1 aromatic rings. The fraction of sp³-hybridized carbons (Fsp3) is 0.467. The second-order valence-corrected chi connectivity index (χ2v) is 4.73. The topological polar surface area (TPSA) is 55.4 Å². The average Bonchev–Trinajstić information content (AvgIpc) is 3.20. The molecule has 2 unspecified atom stereocenters. The number of carbonyl (C=O) groups is 2. The Hall–Kier alpha value is -1.84. The molecule has 0 spiro atoms. The maximum absolute atomic E-state index is 11.8. The van der Waals surface area contributed by atoms with Crippen LogP contribution in [0, 0.1) is 11.8 Å². The number of hydrogen-bond donors (Lipinski definition) is 1. The Morgan fingerprint density at radius 1 is 1.26 bits per heavy atom. The molecule has 1 saturated carbocycles. The summed E-state index contributed by atoms with van der Waals surface area (Å²) in [4.78, 5) is 23.2. The molecule has 102 valence electrons. The van der Waals surface area contributed by atoms with Gasteiger partial charge in [-0.15, -0.1) is 0 Å². The molecule has 1 N–H and O–H groups in total. The predicted octanol–water partition coefficient (Wildman–Crippen LogP) is 1.54. The molecule has 0 heterocycles. The van der Waals surface area contributed by atoms with Crippen LogP contribution in [0.4, 0.5) is 0 Å². The normalized spacial score (nSPS) is 20.7. The molecule has 1 amide bonds. The minimum atomic E-state index is -0.245. The number of hydrogen-bond acceptors (Lipinski definition) is 3. The first-order chi connectivity index (χ1) is 9.22. The summed E-state index contributed by atoms with van der Waals surface area (Å²) in [7, 11) is 0. The highest BCUT2D eigenvalue weighted by atomic mass is 16.5. The van der Waals surface area contributed by atoms with Crippen LogP contribution in [0.5, 0.6) is 0 Å². The van der Waals surface area contributed by atoms with E-state index in [0.717, 1.165) is 6.42 Å². The van der Waals surface area contributed by atoms with Crippen molar-refractivity contribution in [3.8, 4) is 0 Å². The summed E-state index contributed by atoms with van der Waals surface area (Å²) in [5, 5.41) is 2.87. The number of ether oxygens (including phenoxy) is 1. The maximum atomic E-state index is 11.8. The zero-order chi connectivity index (χ0) is 13.7. The minimum absolute atomic E-state index is 0.0333. The predicted molar refractivity (Wildman–Crippen MR) is 71.4 cm³/mol. The van der Waals surface area contributed by atoms with E-state index < -0.39 is 0 Å². The molecule has 1 aliphatic carbocycles. The molecular weight excluding hydrogens is 242 g/mol. The van der Waals surface area contributed by atoms with Crippen LogP contribution in [0.15, 0.2) is 30.3 Å². The third kappa shape index (κ3) is 3.81. The summed E-state index contributed by atoms with van der Waals surface area (Å²) in [6.07, 6.45) is 1.43. The summed E-state index contributed by atoms with van der Waals surface area (Å²) < 4.78 is 4.90. The molecule has 2 rings (SSSR count). The van der Waals surface area contributed by atoms with Crippen molar-refractivity contribution in [3.05, 3.63) is 35.9 Å². The molecule has 1 aliphatic rings. The summed E-state index contributed by atoms with van der Waals surface area (Å²) in [5.41, 5.74) is 1.19. The van der Waals surface area contributed by atoms with E-state index >= 15 is 0 Å². The van der Waals surface area contributed by atoms with Crippen molar-refractivity contribution in [3.63, 3.8) is 0 Å². The second kappa shape index (κ2) is 6.36. The summed E-state index contributed by atoms with van der Waals surface area (Å²) in [6.45, 7) is 2.75. The average molecular weight is 261 g/mol. The van der Waals surface area contributed by atoms with Crippen molar-refractivity contribution in [2.45, 2.75) is 19.8 Å². The van der Waals surface area contributed by atoms with Gasteiger partial charge in [0.15, 0.2) is 0 Å². The van der Waals surface area contributed by atoms with Crippen molar-refractivity contribution < 1.29 is 14.3 Å². The molecule has 0 saturated heterocycles. The molecule has 1 aromatic carbocycles. The second-order valence-electron chi connectivity index (χ2n) is 4.73. The van der Waals surface area contributed by atoms with Gasteiger partial charge in [-0.3, -0.25) is 9.59 Å². The molecule has 4 nitrogen and oxygen atoms in total. The first kappa shape index (κ1) is 13.6. The number of esters is 1. The van der Waals surface area contributed by atoms with Crippen molar-refractivity contribution in [1.29, 1.82) is 0 Å². The van der Waals surface area contributed by atoms with Crippen LogP contribution in [-0.4, -0.2) is 25.0 Å². The highest BCUT2D eigenvalue weighted by Crippen LogP contribution is 2.39. The van der Waals surface area contributed by atoms with Crippen LogP contribution >= 0.6 is 0 Å². The molecule has 0 aliphatic heterocycles. The van der Waals surface area contributed by atoms with E-state index in [2.05, 4.69) is 5.32 Å². The SMILES string of the molecule is CCOC(=O)C1CC1C(=O)NCCc1ccccc1. The molecular formula is C15H19NO3. The van der Waals surface area contributed by atoms with Gasteiger partial charge in [0.05, 0.1) is 18.4 Å². The van der Waals surface area contributed by atoms with E-state index in [0.29, 0.717) is 19.6 Å². The van der Waals surface area contributed by atoms with E-state index in [-0.39, 0.29) is 23.7 Å². The van der Waals surface area contributed by atoms with Crippen LogP contribution in [0.25, 0.3) is 0 Å².